The third-order valence-electron chi connectivity index (χ3n) is 5.45. The van der Waals surface area contributed by atoms with Crippen molar-refractivity contribution in [1.82, 2.24) is 0 Å². The van der Waals surface area contributed by atoms with Crippen molar-refractivity contribution in [2.24, 2.45) is 0 Å². The minimum Gasteiger partial charge on any atom is -0.487 e. The van der Waals surface area contributed by atoms with E-state index in [1.807, 2.05) is 42.5 Å². The summed E-state index contributed by atoms with van der Waals surface area (Å²) in [6.07, 6.45) is 16.7. The zero-order valence-electron chi connectivity index (χ0n) is 22.4. The molecule has 1 aromatic carbocycles. The van der Waals surface area contributed by atoms with Gasteiger partial charge in [0.25, 0.3) is 0 Å². The maximum Gasteiger partial charge on any atom is 0.306 e. The summed E-state index contributed by atoms with van der Waals surface area (Å²) in [5.41, 5.74) is 4.37. The number of para-hydroxylation sites is 1. The summed E-state index contributed by atoms with van der Waals surface area (Å²) in [5, 5.41) is 0. The number of carbonyl (C=O) groups excluding carboxylic acids is 1. The first-order valence-corrected chi connectivity index (χ1v) is 12.6. The Morgan fingerprint density at radius 3 is 2.58 bits per heavy atom. The van der Waals surface area contributed by atoms with Gasteiger partial charge in [0, 0.05) is 20.0 Å². The molecule has 5 heteroatoms. The minimum absolute atomic E-state index is 0.211. The van der Waals surface area contributed by atoms with Crippen LogP contribution in [0.2, 0.25) is 0 Å². The second-order valence-corrected chi connectivity index (χ2v) is 8.36. The van der Waals surface area contributed by atoms with Crippen LogP contribution in [0.4, 0.5) is 10.1 Å². The fraction of sp³-hybridized carbons (Fsp3) is 0.387. The zero-order valence-corrected chi connectivity index (χ0v) is 22.4. The predicted octanol–water partition coefficient (Wildman–Crippen LogP) is 7.84. The van der Waals surface area contributed by atoms with Crippen LogP contribution in [-0.2, 0) is 16.0 Å². The Labute approximate surface area is 217 Å². The third-order valence-corrected chi connectivity index (χ3v) is 5.45. The molecule has 196 valence electrons. The van der Waals surface area contributed by atoms with Crippen LogP contribution in [0.25, 0.3) is 0 Å². The Kier molecular flexibility index (Phi) is 15.3. The second-order valence-electron chi connectivity index (χ2n) is 8.36. The Hall–Kier alpha value is -3.34. The number of esters is 1. The molecule has 0 spiro atoms. The number of hydrogen-bond acceptors (Lipinski definition) is 4. The van der Waals surface area contributed by atoms with Crippen molar-refractivity contribution < 1.29 is 18.7 Å². The highest BCUT2D eigenvalue weighted by Crippen LogP contribution is 2.35. The summed E-state index contributed by atoms with van der Waals surface area (Å²) in [7, 11) is 2.07. The van der Waals surface area contributed by atoms with Crippen LogP contribution in [0.1, 0.15) is 52.0 Å². The van der Waals surface area contributed by atoms with Crippen molar-refractivity contribution in [3.8, 4) is 5.75 Å². The van der Waals surface area contributed by atoms with Gasteiger partial charge in [0.15, 0.2) is 0 Å². The van der Waals surface area contributed by atoms with Gasteiger partial charge in [-0.1, -0.05) is 68.7 Å². The van der Waals surface area contributed by atoms with Crippen molar-refractivity contribution in [2.75, 3.05) is 31.7 Å². The van der Waals surface area contributed by atoms with Crippen molar-refractivity contribution in [3.63, 3.8) is 0 Å². The van der Waals surface area contributed by atoms with Gasteiger partial charge in [-0.3, -0.25) is 4.79 Å². The average molecular weight is 496 g/mol. The number of hydrogen-bond donors (Lipinski definition) is 0. The van der Waals surface area contributed by atoms with E-state index >= 15 is 0 Å². The van der Waals surface area contributed by atoms with Gasteiger partial charge in [0.2, 0.25) is 0 Å². The second kappa shape index (κ2) is 18.0. The van der Waals surface area contributed by atoms with E-state index in [2.05, 4.69) is 38.1 Å². The maximum absolute atomic E-state index is 13.4. The van der Waals surface area contributed by atoms with Crippen LogP contribution in [0, 0.1) is 0 Å². The third kappa shape index (κ3) is 11.9. The average Bonchev–Trinajstić information content (AvgIpc) is 2.85. The van der Waals surface area contributed by atoms with Crippen LogP contribution < -0.4 is 9.64 Å². The lowest BCUT2D eigenvalue weighted by atomic mass is 10.0. The number of aryl methyl sites for hydroxylation is 1. The SMILES string of the molecule is C=C/C=C(\C=C)CC.CCOC(=O)CC/C=C/C=C(\C=C(/C)F)COc1cccc2c1N(C)CCC2. The Morgan fingerprint density at radius 2 is 1.97 bits per heavy atom. The predicted molar refractivity (Wildman–Crippen MR) is 150 cm³/mol. The number of fused-ring (bicyclic) bond motifs is 1. The van der Waals surface area contributed by atoms with Gasteiger partial charge in [-0.05, 0) is 68.4 Å². The normalized spacial score (nSPS) is 14.0. The highest BCUT2D eigenvalue weighted by atomic mass is 19.1. The molecule has 36 heavy (non-hydrogen) atoms. The topological polar surface area (TPSA) is 38.8 Å². The van der Waals surface area contributed by atoms with Crippen LogP contribution >= 0.6 is 0 Å². The monoisotopic (exact) mass is 495 g/mol. The molecule has 0 aromatic heterocycles. The van der Waals surface area contributed by atoms with E-state index in [-0.39, 0.29) is 18.4 Å². The number of ether oxygens (including phenoxy) is 2. The molecule has 0 fully saturated rings. The summed E-state index contributed by atoms with van der Waals surface area (Å²) in [6, 6.07) is 6.09. The van der Waals surface area contributed by atoms with Gasteiger partial charge in [-0.15, -0.1) is 0 Å². The molecule has 1 aromatic rings. The Balaban J connectivity index is 0.000000697. The summed E-state index contributed by atoms with van der Waals surface area (Å²) < 4.78 is 24.4. The van der Waals surface area contributed by atoms with Crippen molar-refractivity contribution in [3.05, 3.63) is 96.4 Å². The lowest BCUT2D eigenvalue weighted by Gasteiger charge is -2.29. The Bertz CT molecular complexity index is 968. The highest BCUT2D eigenvalue weighted by molar-refractivity contribution is 5.69. The molecule has 0 bridgehead atoms. The largest absolute Gasteiger partial charge is 0.487 e. The molecule has 0 aliphatic carbocycles. The smallest absolute Gasteiger partial charge is 0.306 e. The van der Waals surface area contributed by atoms with E-state index < -0.39 is 0 Å². The molecule has 0 unspecified atom stereocenters. The standard InChI is InChI=1S/C23H30FNO3.C8H12/c1-4-27-22(26)14-7-5-6-10-19(16-18(2)24)17-28-21-13-8-11-20-12-9-15-25(3)23(20)21;1-4-7-8(5-2)6-3/h5-6,8,10-11,13,16H,4,7,9,12,14-15,17H2,1-3H3;4-5,7H,1-2,6H2,3H3/b6-5+,18-16+,19-10+;8-7+. The molecular weight excluding hydrogens is 453 g/mol. The molecule has 1 aliphatic rings. The minimum atomic E-state index is -0.276. The molecule has 1 heterocycles. The van der Waals surface area contributed by atoms with Crippen molar-refractivity contribution in [2.45, 2.75) is 52.9 Å². The van der Waals surface area contributed by atoms with E-state index in [4.69, 9.17) is 9.47 Å². The number of benzene rings is 1. The first-order valence-electron chi connectivity index (χ1n) is 12.6. The molecule has 0 saturated heterocycles. The summed E-state index contributed by atoms with van der Waals surface area (Å²) in [4.78, 5) is 13.5. The van der Waals surface area contributed by atoms with E-state index in [1.54, 1.807) is 13.0 Å². The fourth-order valence-electron chi connectivity index (χ4n) is 3.70. The van der Waals surface area contributed by atoms with E-state index in [9.17, 15) is 9.18 Å². The summed E-state index contributed by atoms with van der Waals surface area (Å²) >= 11 is 0. The first kappa shape index (κ1) is 30.7. The van der Waals surface area contributed by atoms with Gasteiger partial charge in [-0.25, -0.2) is 4.39 Å². The van der Waals surface area contributed by atoms with E-state index in [0.29, 0.717) is 19.4 Å². The van der Waals surface area contributed by atoms with Gasteiger partial charge in [0.05, 0.1) is 18.1 Å². The molecule has 0 radical (unpaired) electrons. The number of rotatable bonds is 12. The van der Waals surface area contributed by atoms with Gasteiger partial charge >= 0.3 is 5.97 Å². The number of anilines is 1. The molecule has 4 nitrogen and oxygen atoms in total. The van der Waals surface area contributed by atoms with Crippen LogP contribution in [0.15, 0.2) is 90.9 Å². The molecule has 2 rings (SSSR count). The molecule has 0 atom stereocenters. The summed E-state index contributed by atoms with van der Waals surface area (Å²) in [5.74, 6) is 0.334. The number of allylic oxidation sites excluding steroid dienone is 8. The van der Waals surface area contributed by atoms with Gasteiger partial charge < -0.3 is 14.4 Å². The van der Waals surface area contributed by atoms with Crippen LogP contribution in [0.5, 0.6) is 5.75 Å². The van der Waals surface area contributed by atoms with Crippen LogP contribution in [0.3, 0.4) is 0 Å². The zero-order chi connectivity index (χ0) is 26.8. The van der Waals surface area contributed by atoms with E-state index in [1.165, 1.54) is 24.1 Å². The highest BCUT2D eigenvalue weighted by Gasteiger charge is 2.18. The summed E-state index contributed by atoms with van der Waals surface area (Å²) in [6.45, 7) is 14.2. The lowest BCUT2D eigenvalue weighted by molar-refractivity contribution is -0.143. The first-order chi connectivity index (χ1) is 17.4. The van der Waals surface area contributed by atoms with Gasteiger partial charge in [-0.2, -0.15) is 0 Å². The molecule has 1 aliphatic heterocycles. The lowest BCUT2D eigenvalue weighted by Crippen LogP contribution is -2.25. The van der Waals surface area contributed by atoms with Crippen LogP contribution in [-0.4, -0.2) is 32.8 Å². The number of carbonyl (C=O) groups is 1. The number of halogens is 1. The maximum atomic E-state index is 13.4. The van der Waals surface area contributed by atoms with Gasteiger partial charge in [0.1, 0.15) is 12.4 Å². The van der Waals surface area contributed by atoms with Crippen molar-refractivity contribution in [1.29, 1.82) is 0 Å². The van der Waals surface area contributed by atoms with Crippen molar-refractivity contribution >= 4 is 11.7 Å². The van der Waals surface area contributed by atoms with E-state index in [0.717, 1.165) is 42.8 Å². The fourth-order valence-corrected chi connectivity index (χ4v) is 3.70. The molecule has 0 N–H and O–H groups in total. The Morgan fingerprint density at radius 1 is 1.19 bits per heavy atom. The molecule has 0 saturated carbocycles. The molecular formula is C31H42FNO3. The molecule has 0 amide bonds. The number of nitrogens with zero attached hydrogens (tertiary/aromatic N) is 1. The quantitative estimate of drug-likeness (QED) is 0.219.